The van der Waals surface area contributed by atoms with Gasteiger partial charge in [0.1, 0.15) is 0 Å². The molecule has 2 aliphatic heterocycles. The quantitative estimate of drug-likeness (QED) is 0.693. The van der Waals surface area contributed by atoms with Crippen molar-refractivity contribution in [2.24, 2.45) is 0 Å². The van der Waals surface area contributed by atoms with Gasteiger partial charge in [-0.2, -0.15) is 0 Å². The SMILES string of the molecule is Cl.O=C(O)CC=C1CC2CCC(C1)N2. The minimum absolute atomic E-state index is 0. The van der Waals surface area contributed by atoms with E-state index in [0.717, 1.165) is 12.8 Å². The molecule has 2 fully saturated rings. The first-order valence-corrected chi connectivity index (χ1v) is 4.90. The number of carboxylic acid groups (broad SMARTS) is 1. The maximum Gasteiger partial charge on any atom is 0.307 e. The largest absolute Gasteiger partial charge is 0.481 e. The predicted octanol–water partition coefficient (Wildman–Crippen LogP) is 1.72. The first kappa shape index (κ1) is 11.5. The summed E-state index contributed by atoms with van der Waals surface area (Å²) in [5.41, 5.74) is 1.34. The molecule has 0 amide bonds. The van der Waals surface area contributed by atoms with Crippen molar-refractivity contribution in [3.05, 3.63) is 11.6 Å². The van der Waals surface area contributed by atoms with Crippen LogP contribution in [0.2, 0.25) is 0 Å². The average Bonchev–Trinajstić information content (AvgIpc) is 2.42. The molecule has 80 valence electrons. The van der Waals surface area contributed by atoms with Gasteiger partial charge in [-0.1, -0.05) is 11.6 Å². The van der Waals surface area contributed by atoms with E-state index >= 15 is 0 Å². The van der Waals surface area contributed by atoms with Crippen LogP contribution in [0.25, 0.3) is 0 Å². The minimum atomic E-state index is -0.724. The first-order chi connectivity index (χ1) is 6.24. The Hall–Kier alpha value is -0.540. The standard InChI is InChI=1S/C10H15NO2.ClH/c12-10(13)4-1-7-5-8-2-3-9(6-7)11-8;/h1,8-9,11H,2-6H2,(H,12,13);1H. The van der Waals surface area contributed by atoms with Gasteiger partial charge in [0.2, 0.25) is 0 Å². The molecule has 2 saturated heterocycles. The smallest absolute Gasteiger partial charge is 0.307 e. The van der Waals surface area contributed by atoms with Crippen LogP contribution in [-0.2, 0) is 4.79 Å². The number of hydrogen-bond acceptors (Lipinski definition) is 2. The Morgan fingerprint density at radius 3 is 2.50 bits per heavy atom. The van der Waals surface area contributed by atoms with Gasteiger partial charge >= 0.3 is 5.97 Å². The number of carboxylic acids is 1. The second kappa shape index (κ2) is 4.80. The van der Waals surface area contributed by atoms with Gasteiger partial charge in [0.15, 0.2) is 0 Å². The second-order valence-corrected chi connectivity index (χ2v) is 4.01. The van der Waals surface area contributed by atoms with Crippen molar-refractivity contribution in [3.8, 4) is 0 Å². The fourth-order valence-corrected chi connectivity index (χ4v) is 2.34. The number of halogens is 1. The Kier molecular flexibility index (Phi) is 3.96. The number of carbonyl (C=O) groups is 1. The lowest BCUT2D eigenvalue weighted by Gasteiger charge is -2.23. The molecule has 0 aromatic heterocycles. The summed E-state index contributed by atoms with van der Waals surface area (Å²) < 4.78 is 0. The summed E-state index contributed by atoms with van der Waals surface area (Å²) in [4.78, 5) is 10.4. The summed E-state index contributed by atoms with van der Waals surface area (Å²) in [6.45, 7) is 0. The molecule has 14 heavy (non-hydrogen) atoms. The number of aliphatic carboxylic acids is 1. The zero-order chi connectivity index (χ0) is 9.26. The molecule has 2 unspecified atom stereocenters. The lowest BCUT2D eigenvalue weighted by atomic mass is 9.98. The zero-order valence-corrected chi connectivity index (χ0v) is 8.85. The van der Waals surface area contributed by atoms with Gasteiger partial charge in [-0.05, 0) is 25.7 Å². The molecule has 2 aliphatic rings. The highest BCUT2D eigenvalue weighted by atomic mass is 35.5. The first-order valence-electron chi connectivity index (χ1n) is 4.90. The van der Waals surface area contributed by atoms with Crippen molar-refractivity contribution in [2.45, 2.75) is 44.2 Å². The molecule has 0 aliphatic carbocycles. The molecule has 0 saturated carbocycles. The van der Waals surface area contributed by atoms with Crippen LogP contribution in [0, 0.1) is 0 Å². The van der Waals surface area contributed by atoms with E-state index in [1.165, 1.54) is 18.4 Å². The molecule has 0 radical (unpaired) electrons. The van der Waals surface area contributed by atoms with Crippen LogP contribution < -0.4 is 5.32 Å². The fraction of sp³-hybridized carbons (Fsp3) is 0.700. The maximum absolute atomic E-state index is 10.4. The minimum Gasteiger partial charge on any atom is -0.481 e. The third kappa shape index (κ3) is 2.72. The highest BCUT2D eigenvalue weighted by Gasteiger charge is 2.29. The van der Waals surface area contributed by atoms with Crippen molar-refractivity contribution < 1.29 is 9.90 Å². The maximum atomic E-state index is 10.4. The highest BCUT2D eigenvalue weighted by Crippen LogP contribution is 2.30. The molecule has 0 aromatic carbocycles. The van der Waals surface area contributed by atoms with Crippen LogP contribution in [0.5, 0.6) is 0 Å². The van der Waals surface area contributed by atoms with E-state index in [-0.39, 0.29) is 18.8 Å². The van der Waals surface area contributed by atoms with Gasteiger partial charge in [0, 0.05) is 12.1 Å². The van der Waals surface area contributed by atoms with Crippen LogP contribution in [0.1, 0.15) is 32.1 Å². The van der Waals surface area contributed by atoms with Gasteiger partial charge < -0.3 is 10.4 Å². The molecule has 2 heterocycles. The normalized spacial score (nSPS) is 29.6. The lowest BCUT2D eigenvalue weighted by molar-refractivity contribution is -0.136. The molecule has 3 nitrogen and oxygen atoms in total. The van der Waals surface area contributed by atoms with Gasteiger partial charge in [0.25, 0.3) is 0 Å². The number of fused-ring (bicyclic) bond motifs is 2. The van der Waals surface area contributed by atoms with Gasteiger partial charge in [0.05, 0.1) is 6.42 Å². The molecule has 0 spiro atoms. The number of nitrogens with one attached hydrogen (secondary N) is 1. The molecule has 0 aromatic rings. The summed E-state index contributed by atoms with van der Waals surface area (Å²) >= 11 is 0. The average molecular weight is 218 g/mol. The van der Waals surface area contributed by atoms with Crippen LogP contribution in [0.15, 0.2) is 11.6 Å². The third-order valence-electron chi connectivity index (χ3n) is 2.92. The van der Waals surface area contributed by atoms with E-state index in [1.54, 1.807) is 0 Å². The number of rotatable bonds is 2. The van der Waals surface area contributed by atoms with Crippen molar-refractivity contribution in [1.29, 1.82) is 0 Å². The lowest BCUT2D eigenvalue weighted by Crippen LogP contribution is -2.34. The van der Waals surface area contributed by atoms with Crippen molar-refractivity contribution in [1.82, 2.24) is 5.32 Å². The van der Waals surface area contributed by atoms with E-state index in [2.05, 4.69) is 5.32 Å². The van der Waals surface area contributed by atoms with E-state index in [1.807, 2.05) is 6.08 Å². The highest BCUT2D eigenvalue weighted by molar-refractivity contribution is 5.85. The number of piperidine rings is 1. The summed E-state index contributed by atoms with van der Waals surface area (Å²) in [5.74, 6) is -0.724. The summed E-state index contributed by atoms with van der Waals surface area (Å²) in [7, 11) is 0. The third-order valence-corrected chi connectivity index (χ3v) is 2.92. The van der Waals surface area contributed by atoms with Crippen molar-refractivity contribution in [3.63, 3.8) is 0 Å². The summed E-state index contributed by atoms with van der Waals surface area (Å²) in [6, 6.07) is 1.25. The molecule has 4 heteroatoms. The Balaban J connectivity index is 0.000000980. The monoisotopic (exact) mass is 217 g/mol. The molecule has 2 rings (SSSR count). The van der Waals surface area contributed by atoms with Gasteiger partial charge in [-0.3, -0.25) is 4.79 Å². The van der Waals surface area contributed by atoms with E-state index < -0.39 is 5.97 Å². The molecular weight excluding hydrogens is 202 g/mol. The summed E-state index contributed by atoms with van der Waals surface area (Å²) in [6.07, 6.45) is 6.72. The van der Waals surface area contributed by atoms with Gasteiger partial charge in [-0.15, -0.1) is 12.4 Å². The van der Waals surface area contributed by atoms with Crippen LogP contribution in [0.4, 0.5) is 0 Å². The second-order valence-electron chi connectivity index (χ2n) is 4.01. The Morgan fingerprint density at radius 1 is 1.43 bits per heavy atom. The van der Waals surface area contributed by atoms with Gasteiger partial charge in [-0.25, -0.2) is 0 Å². The van der Waals surface area contributed by atoms with E-state index in [9.17, 15) is 4.79 Å². The Labute approximate surface area is 90.0 Å². The molecule has 2 atom stereocenters. The number of hydrogen-bond donors (Lipinski definition) is 2. The predicted molar refractivity (Wildman–Crippen MR) is 56.8 cm³/mol. The van der Waals surface area contributed by atoms with Crippen LogP contribution in [-0.4, -0.2) is 23.2 Å². The summed E-state index contributed by atoms with van der Waals surface area (Å²) in [5, 5.41) is 12.1. The molecule has 2 bridgehead atoms. The Bertz CT molecular complexity index is 239. The Morgan fingerprint density at radius 2 is 2.00 bits per heavy atom. The van der Waals surface area contributed by atoms with Crippen molar-refractivity contribution in [2.75, 3.05) is 0 Å². The zero-order valence-electron chi connectivity index (χ0n) is 8.03. The molecule has 2 N–H and O–H groups in total. The van der Waals surface area contributed by atoms with Crippen LogP contribution >= 0.6 is 12.4 Å². The topological polar surface area (TPSA) is 49.3 Å². The van der Waals surface area contributed by atoms with E-state index in [0.29, 0.717) is 12.1 Å². The molecular formula is C10H16ClNO2. The van der Waals surface area contributed by atoms with Crippen molar-refractivity contribution >= 4 is 18.4 Å². The fourth-order valence-electron chi connectivity index (χ4n) is 2.34. The van der Waals surface area contributed by atoms with E-state index in [4.69, 9.17) is 5.11 Å². The van der Waals surface area contributed by atoms with Crippen LogP contribution in [0.3, 0.4) is 0 Å².